The number of rotatable bonds is 6. The van der Waals surface area contributed by atoms with Crippen LogP contribution in [0.3, 0.4) is 0 Å². The quantitative estimate of drug-likeness (QED) is 0.458. The maximum atomic E-state index is 13.4. The summed E-state index contributed by atoms with van der Waals surface area (Å²) in [6, 6.07) is 15.9. The van der Waals surface area contributed by atoms with Gasteiger partial charge >= 0.3 is 0 Å². The third kappa shape index (κ3) is 5.89. The van der Waals surface area contributed by atoms with Gasteiger partial charge in [0.05, 0.1) is 16.1 Å². The van der Waals surface area contributed by atoms with E-state index in [1.165, 1.54) is 12.5 Å². The number of sulfone groups is 1. The number of pyridine rings is 1. The largest absolute Gasteiger partial charge is 0.339 e. The standard InChI is InChI=1S/C28H32N4O4S/c1-20-7-8-23(18-26(20)32(30(2)3)28(34)24-6-5-15-29-19-24)27(33)31-16-13-22(14-17-31)21-9-11-25(12-10-21)37(4,35)36/h5-12,15,18-19,22H,13-14,16-17H2,1-4H3. The number of benzene rings is 2. The lowest BCUT2D eigenvalue weighted by atomic mass is 9.89. The molecule has 0 bridgehead atoms. The Morgan fingerprint density at radius 1 is 0.973 bits per heavy atom. The van der Waals surface area contributed by atoms with Gasteiger partial charge in [0, 0.05) is 51.4 Å². The first kappa shape index (κ1) is 26.5. The summed E-state index contributed by atoms with van der Waals surface area (Å²) in [4.78, 5) is 32.9. The summed E-state index contributed by atoms with van der Waals surface area (Å²) in [6.45, 7) is 3.12. The van der Waals surface area contributed by atoms with Crippen LogP contribution < -0.4 is 5.01 Å². The zero-order valence-corrected chi connectivity index (χ0v) is 22.4. The van der Waals surface area contributed by atoms with Crippen molar-refractivity contribution in [3.8, 4) is 0 Å². The Kier molecular flexibility index (Phi) is 7.75. The molecule has 0 aliphatic carbocycles. The highest BCUT2D eigenvalue weighted by Crippen LogP contribution is 2.30. The molecule has 4 rings (SSSR count). The van der Waals surface area contributed by atoms with Gasteiger partial charge in [-0.1, -0.05) is 18.2 Å². The number of piperidine rings is 1. The molecule has 0 N–H and O–H groups in total. The number of carbonyl (C=O) groups excluding carboxylic acids is 2. The maximum absolute atomic E-state index is 13.4. The average molecular weight is 521 g/mol. The Hall–Kier alpha value is -3.56. The molecule has 0 atom stereocenters. The number of amides is 2. The summed E-state index contributed by atoms with van der Waals surface area (Å²) in [5, 5.41) is 3.25. The molecule has 0 saturated carbocycles. The van der Waals surface area contributed by atoms with Crippen LogP contribution in [0.1, 0.15) is 50.6 Å². The lowest BCUT2D eigenvalue weighted by molar-refractivity contribution is 0.0712. The summed E-state index contributed by atoms with van der Waals surface area (Å²) in [5.74, 6) is -0.0271. The van der Waals surface area contributed by atoms with Crippen molar-refractivity contribution in [2.75, 3.05) is 38.4 Å². The van der Waals surface area contributed by atoms with Gasteiger partial charge < -0.3 is 4.90 Å². The first-order valence-electron chi connectivity index (χ1n) is 12.2. The van der Waals surface area contributed by atoms with Crippen LogP contribution in [-0.4, -0.2) is 68.6 Å². The Bertz CT molecular complexity index is 1380. The highest BCUT2D eigenvalue weighted by Gasteiger charge is 2.27. The number of carbonyl (C=O) groups is 2. The van der Waals surface area contributed by atoms with E-state index in [1.807, 2.05) is 30.0 Å². The van der Waals surface area contributed by atoms with Crippen molar-refractivity contribution >= 4 is 27.3 Å². The monoisotopic (exact) mass is 520 g/mol. The van der Waals surface area contributed by atoms with Gasteiger partial charge in [-0.3, -0.25) is 14.6 Å². The molecule has 0 radical (unpaired) electrons. The minimum atomic E-state index is -3.22. The molecular weight excluding hydrogens is 488 g/mol. The highest BCUT2D eigenvalue weighted by atomic mass is 32.2. The minimum absolute atomic E-state index is 0.0698. The smallest absolute Gasteiger partial charge is 0.274 e. The minimum Gasteiger partial charge on any atom is -0.339 e. The number of aromatic nitrogens is 1. The van der Waals surface area contributed by atoms with Crippen molar-refractivity contribution in [1.29, 1.82) is 0 Å². The summed E-state index contributed by atoms with van der Waals surface area (Å²) >= 11 is 0. The Labute approximate surface area is 218 Å². The van der Waals surface area contributed by atoms with E-state index in [9.17, 15) is 18.0 Å². The van der Waals surface area contributed by atoms with E-state index < -0.39 is 9.84 Å². The van der Waals surface area contributed by atoms with Gasteiger partial charge in [0.25, 0.3) is 11.8 Å². The molecule has 9 heteroatoms. The van der Waals surface area contributed by atoms with E-state index in [2.05, 4.69) is 4.98 Å². The second-order valence-electron chi connectivity index (χ2n) is 9.61. The zero-order chi connectivity index (χ0) is 26.7. The summed E-state index contributed by atoms with van der Waals surface area (Å²) in [7, 11) is 0.350. The predicted octanol–water partition coefficient (Wildman–Crippen LogP) is 3.94. The van der Waals surface area contributed by atoms with Gasteiger partial charge in [-0.15, -0.1) is 0 Å². The molecule has 1 fully saturated rings. The molecule has 194 valence electrons. The molecule has 0 spiro atoms. The fourth-order valence-electron chi connectivity index (χ4n) is 4.67. The van der Waals surface area contributed by atoms with E-state index in [0.29, 0.717) is 34.8 Å². The molecule has 3 aromatic rings. The van der Waals surface area contributed by atoms with Crippen LogP contribution in [-0.2, 0) is 9.84 Å². The summed E-state index contributed by atoms with van der Waals surface area (Å²) < 4.78 is 23.5. The Balaban J connectivity index is 1.49. The fourth-order valence-corrected chi connectivity index (χ4v) is 5.30. The molecular formula is C28H32N4O4S. The summed E-state index contributed by atoms with van der Waals surface area (Å²) in [5.41, 5.74) is 3.60. The first-order valence-corrected chi connectivity index (χ1v) is 14.1. The molecule has 1 saturated heterocycles. The Morgan fingerprint density at radius 3 is 2.22 bits per heavy atom. The normalized spacial score (nSPS) is 14.6. The molecule has 2 amide bonds. The van der Waals surface area contributed by atoms with Crippen LogP contribution in [0.2, 0.25) is 0 Å². The highest BCUT2D eigenvalue weighted by molar-refractivity contribution is 7.90. The topological polar surface area (TPSA) is 90.9 Å². The van der Waals surface area contributed by atoms with E-state index in [0.717, 1.165) is 24.0 Å². The van der Waals surface area contributed by atoms with Crippen LogP contribution in [0.5, 0.6) is 0 Å². The predicted molar refractivity (Wildman–Crippen MR) is 143 cm³/mol. The summed E-state index contributed by atoms with van der Waals surface area (Å²) in [6.07, 6.45) is 5.95. The molecule has 1 aliphatic rings. The lowest BCUT2D eigenvalue weighted by Gasteiger charge is -2.33. The zero-order valence-electron chi connectivity index (χ0n) is 21.6. The number of anilines is 1. The number of nitrogens with zero attached hydrogens (tertiary/aromatic N) is 4. The van der Waals surface area contributed by atoms with Crippen molar-refractivity contribution in [2.24, 2.45) is 0 Å². The number of likely N-dealkylation sites (tertiary alicyclic amines) is 1. The van der Waals surface area contributed by atoms with Gasteiger partial charge in [0.2, 0.25) is 0 Å². The third-order valence-electron chi connectivity index (χ3n) is 6.75. The van der Waals surface area contributed by atoms with E-state index in [4.69, 9.17) is 0 Å². The fraction of sp³-hybridized carbons (Fsp3) is 0.321. The third-order valence-corrected chi connectivity index (χ3v) is 7.88. The number of hydrogen-bond acceptors (Lipinski definition) is 6. The molecule has 1 aromatic heterocycles. The van der Waals surface area contributed by atoms with Gasteiger partial charge in [0.1, 0.15) is 0 Å². The second kappa shape index (κ2) is 10.8. The molecule has 2 heterocycles. The van der Waals surface area contributed by atoms with Crippen LogP contribution in [0.25, 0.3) is 0 Å². The molecule has 0 unspecified atom stereocenters. The van der Waals surface area contributed by atoms with E-state index in [1.54, 1.807) is 66.7 Å². The first-order chi connectivity index (χ1) is 17.6. The van der Waals surface area contributed by atoms with Crippen molar-refractivity contribution in [1.82, 2.24) is 14.9 Å². The number of hydrazine groups is 1. The SMILES string of the molecule is Cc1ccc(C(=O)N2CCC(c3ccc(S(C)(=O)=O)cc3)CC2)cc1N(C(=O)c1cccnc1)N(C)C. The van der Waals surface area contributed by atoms with Crippen molar-refractivity contribution in [3.05, 3.63) is 89.2 Å². The van der Waals surface area contributed by atoms with Crippen LogP contribution in [0.4, 0.5) is 5.69 Å². The molecule has 1 aliphatic heterocycles. The van der Waals surface area contributed by atoms with Crippen molar-refractivity contribution < 1.29 is 18.0 Å². The van der Waals surface area contributed by atoms with Gasteiger partial charge in [-0.25, -0.2) is 18.4 Å². The average Bonchev–Trinajstić information content (AvgIpc) is 2.89. The van der Waals surface area contributed by atoms with Crippen molar-refractivity contribution in [2.45, 2.75) is 30.6 Å². The van der Waals surface area contributed by atoms with E-state index >= 15 is 0 Å². The number of hydrogen-bond donors (Lipinski definition) is 0. The van der Waals surface area contributed by atoms with Crippen LogP contribution >= 0.6 is 0 Å². The number of aryl methyl sites for hydroxylation is 1. The van der Waals surface area contributed by atoms with Crippen LogP contribution in [0, 0.1) is 6.92 Å². The van der Waals surface area contributed by atoms with Gasteiger partial charge in [-0.2, -0.15) is 0 Å². The van der Waals surface area contributed by atoms with Gasteiger partial charge in [-0.05, 0) is 73.2 Å². The molecule has 37 heavy (non-hydrogen) atoms. The van der Waals surface area contributed by atoms with E-state index in [-0.39, 0.29) is 17.7 Å². The maximum Gasteiger partial charge on any atom is 0.274 e. The Morgan fingerprint density at radius 2 is 1.65 bits per heavy atom. The molecule has 8 nitrogen and oxygen atoms in total. The second-order valence-corrected chi connectivity index (χ2v) is 11.6. The van der Waals surface area contributed by atoms with Crippen molar-refractivity contribution in [3.63, 3.8) is 0 Å². The van der Waals surface area contributed by atoms with Gasteiger partial charge in [0.15, 0.2) is 9.84 Å². The lowest BCUT2D eigenvalue weighted by Crippen LogP contribution is -2.43. The molecule has 2 aromatic carbocycles. The van der Waals surface area contributed by atoms with Crippen LogP contribution in [0.15, 0.2) is 71.9 Å².